The monoisotopic (exact) mass is 1600 g/mol. The fourth-order valence-corrected chi connectivity index (χ4v) is 12.4. The molecule has 4 amide bonds. The van der Waals surface area contributed by atoms with Crippen LogP contribution in [0.2, 0.25) is 10.0 Å². The number of benzene rings is 4. The summed E-state index contributed by atoms with van der Waals surface area (Å²) in [7, 11) is 6.14. The number of nitrogens with one attached hydrogen (secondary N) is 4. The molecule has 4 aromatic rings. The van der Waals surface area contributed by atoms with Gasteiger partial charge in [-0.3, -0.25) is 19.2 Å². The maximum absolute atomic E-state index is 12.8. The Kier molecular flexibility index (Phi) is 43.0. The highest BCUT2D eigenvalue weighted by Gasteiger charge is 2.25. The number of cyclic esters (lactones) is 4. The first-order chi connectivity index (χ1) is 54.9. The van der Waals surface area contributed by atoms with Crippen LogP contribution in [0.1, 0.15) is 185 Å². The molecule has 4 heterocycles. The Morgan fingerprint density at radius 2 is 0.561 bits per heavy atom. The molecule has 0 bridgehead atoms. The fourth-order valence-electron chi connectivity index (χ4n) is 11.9. The van der Waals surface area contributed by atoms with Crippen molar-refractivity contribution < 1.29 is 76.7 Å². The minimum Gasteiger partial charge on any atom is -0.462 e. The van der Waals surface area contributed by atoms with E-state index in [1.165, 1.54) is 14.1 Å². The average Bonchev–Trinajstić information content (AvgIpc) is 0.786. The summed E-state index contributed by atoms with van der Waals surface area (Å²) in [6, 6.07) is 11.6. The fraction of sp³-hybridized carbons (Fsp3) is 0.409. The van der Waals surface area contributed by atoms with Crippen molar-refractivity contribution in [1.29, 1.82) is 0 Å². The number of fused-ring (bicyclic) bond motifs is 4. The Labute approximate surface area is 680 Å². The topological polar surface area (TPSA) is 308 Å². The van der Waals surface area contributed by atoms with Crippen LogP contribution in [0.4, 0.5) is 0 Å². The van der Waals surface area contributed by atoms with Gasteiger partial charge in [-0.25, -0.2) is 19.2 Å². The van der Waals surface area contributed by atoms with Crippen LogP contribution in [0.5, 0.6) is 0 Å². The Balaban J connectivity index is 0.000000271. The first-order valence-electron chi connectivity index (χ1n) is 38.2. The van der Waals surface area contributed by atoms with Gasteiger partial charge in [0.1, 0.15) is 0 Å². The van der Waals surface area contributed by atoms with Crippen LogP contribution in [-0.4, -0.2) is 151 Å². The van der Waals surface area contributed by atoms with Gasteiger partial charge in [0, 0.05) is 63.9 Å². The molecule has 24 nitrogen and oxygen atoms in total. The van der Waals surface area contributed by atoms with Crippen molar-refractivity contribution in [2.45, 2.75) is 158 Å². The molecule has 4 aliphatic heterocycles. The number of likely N-dealkylation sites (N-methyl/N-ethyl adjacent to an activating group) is 4. The van der Waals surface area contributed by atoms with E-state index in [0.29, 0.717) is 131 Å². The zero-order valence-corrected chi connectivity index (χ0v) is 69.3. The number of allylic oxidation sites excluding steroid dienone is 12. The molecule has 0 fully saturated rings. The van der Waals surface area contributed by atoms with E-state index in [1.807, 2.05) is 165 Å². The van der Waals surface area contributed by atoms with Crippen LogP contribution in [0, 0.1) is 55.4 Å². The highest BCUT2D eigenvalue weighted by Crippen LogP contribution is 2.32. The van der Waals surface area contributed by atoms with Gasteiger partial charge in [0.25, 0.3) is 23.6 Å². The van der Waals surface area contributed by atoms with Crippen molar-refractivity contribution in [3.05, 3.63) is 233 Å². The number of amides is 4. The highest BCUT2D eigenvalue weighted by atomic mass is 35.5. The van der Waals surface area contributed by atoms with Gasteiger partial charge in [0.05, 0.1) is 71.5 Å². The summed E-state index contributed by atoms with van der Waals surface area (Å²) in [5.41, 5.74) is 14.6. The van der Waals surface area contributed by atoms with Crippen molar-refractivity contribution >= 4 is 93.6 Å². The molecule has 4 aromatic carbocycles. The molecule has 4 aliphatic rings. The van der Waals surface area contributed by atoms with E-state index in [2.05, 4.69) is 66.2 Å². The van der Waals surface area contributed by atoms with E-state index in [1.54, 1.807) is 14.1 Å². The summed E-state index contributed by atoms with van der Waals surface area (Å²) >= 11 is 13.1. The van der Waals surface area contributed by atoms with E-state index in [9.17, 15) is 38.4 Å². The average molecular weight is 1610 g/mol. The number of nitrogens with zero attached hydrogens (tertiary/aromatic N) is 4. The summed E-state index contributed by atoms with van der Waals surface area (Å²) in [5.74, 6) is -2.53. The van der Waals surface area contributed by atoms with Gasteiger partial charge in [0.2, 0.25) is 0 Å². The third-order valence-corrected chi connectivity index (χ3v) is 18.5. The third-order valence-electron chi connectivity index (χ3n) is 17.5. The Hall–Kier alpha value is -11.0. The van der Waals surface area contributed by atoms with Gasteiger partial charge in [-0.1, -0.05) is 164 Å². The zero-order valence-electron chi connectivity index (χ0n) is 67.7. The summed E-state index contributed by atoms with van der Waals surface area (Å²) < 4.78 is 21.8. The maximum Gasteiger partial charge on any atom is 0.338 e. The second-order valence-corrected chi connectivity index (χ2v) is 27.7. The lowest BCUT2D eigenvalue weighted by atomic mass is 9.94. The summed E-state index contributed by atoms with van der Waals surface area (Å²) in [6.45, 7) is 16.0. The predicted molar refractivity (Wildman–Crippen MR) is 448 cm³/mol. The molecule has 4 N–H and O–H groups in total. The van der Waals surface area contributed by atoms with Crippen molar-refractivity contribution in [3.63, 3.8) is 0 Å². The van der Waals surface area contributed by atoms with Crippen LogP contribution in [-0.2, 0) is 83.2 Å². The van der Waals surface area contributed by atoms with Gasteiger partial charge >= 0.3 is 23.9 Å². The summed E-state index contributed by atoms with van der Waals surface area (Å²) in [4.78, 5) is 117. The minimum atomic E-state index is -0.403. The Morgan fingerprint density at radius 1 is 0.325 bits per heavy atom. The number of hydrogen-bond acceptors (Lipinski definition) is 20. The standard InChI is InChI=1S/2C22H27ClN2O4.2C22H28N2O4/c2*1-15-12-16(2)21(23)18-13-17(25-29-14-19(26)24-3)10-8-6-4-5-7-9-11-28-22(27)20(15)18;2*1-16-12-17(2)21-18(13-16)14-19(24-28-15-20(25)23-3)10-8-6-4-5-7-9-11-27-22(21)26/h2*5,7-8,10,12H,4,6,9,11,13-14H2,1-3H3,(H,24,26);2*5,7-8,10,12-13H,4,6,9,11,14-15H2,1-3H3,(H,23,25)/b7-5+,10-8+,25-17+;7-5+,10-8+,25-17-;7-5+,10-8+,24-19+;7-5+,10-8+,24-19-. The second kappa shape index (κ2) is 52.4. The van der Waals surface area contributed by atoms with Crippen molar-refractivity contribution in [2.75, 3.05) is 81.0 Å². The predicted octanol–water partition coefficient (Wildman–Crippen LogP) is 15.0. The smallest absolute Gasteiger partial charge is 0.338 e. The number of halogens is 2. The SMILES string of the molecule is CNC(=O)CO/N=C1/C=C/CC/C=C/CCOC(=O)c2c(C)cc(C)c(Cl)c2C1.CNC(=O)CO/N=C1/C=C/CC/C=C/CCOC(=O)c2c(C)cc(C)cc2C1.CNC(=O)CO/N=C1\C=C\CC/C=C/CCOC(=O)c2c(C)cc(C)c(Cl)c2C1.CNC(=O)CO/N=C1\C=C\CC/C=C/CCOC(=O)c2c(C)cc(C)cc2C1. The molecule has 0 aliphatic carbocycles. The molecule has 0 atom stereocenters. The molecule has 114 heavy (non-hydrogen) atoms. The van der Waals surface area contributed by atoms with Crippen LogP contribution in [0.25, 0.3) is 0 Å². The molecule has 612 valence electrons. The Morgan fingerprint density at radius 3 is 0.833 bits per heavy atom. The first kappa shape index (κ1) is 93.6. The van der Waals surface area contributed by atoms with Gasteiger partial charge in [0.15, 0.2) is 26.4 Å². The molecule has 8 rings (SSSR count). The number of hydrogen-bond donors (Lipinski definition) is 4. The van der Waals surface area contributed by atoms with Gasteiger partial charge < -0.3 is 59.6 Å². The van der Waals surface area contributed by atoms with Crippen molar-refractivity contribution in [3.8, 4) is 0 Å². The molecular weight excluding hydrogens is 1500 g/mol. The van der Waals surface area contributed by atoms with Gasteiger partial charge in [-0.05, 0) is 212 Å². The number of aryl methyl sites for hydroxylation is 8. The quantitative estimate of drug-likeness (QED) is 0.0443. The molecule has 0 saturated carbocycles. The molecule has 0 spiro atoms. The summed E-state index contributed by atoms with van der Waals surface area (Å²) in [5, 5.41) is 27.4. The largest absolute Gasteiger partial charge is 0.462 e. The normalized spacial score (nSPS) is 19.0. The van der Waals surface area contributed by atoms with E-state index < -0.39 is 11.9 Å². The molecule has 0 radical (unpaired) electrons. The Bertz CT molecular complexity index is 4100. The number of ether oxygens (including phenoxy) is 4. The molecule has 0 unspecified atom stereocenters. The molecular formula is C88H110Cl2N8O16. The van der Waals surface area contributed by atoms with Crippen LogP contribution < -0.4 is 21.3 Å². The van der Waals surface area contributed by atoms with Crippen molar-refractivity contribution in [2.24, 2.45) is 20.6 Å². The number of oxime groups is 4. The molecule has 0 aromatic heterocycles. The van der Waals surface area contributed by atoms with Gasteiger partial charge in [-0.2, -0.15) is 0 Å². The number of rotatable bonds is 12. The van der Waals surface area contributed by atoms with Crippen molar-refractivity contribution in [1.82, 2.24) is 21.3 Å². The third kappa shape index (κ3) is 33.8. The van der Waals surface area contributed by atoms with E-state index >= 15 is 0 Å². The maximum atomic E-state index is 12.8. The zero-order chi connectivity index (χ0) is 83.2. The van der Waals surface area contributed by atoms with Gasteiger partial charge in [-0.15, -0.1) is 0 Å². The first-order valence-corrected chi connectivity index (χ1v) is 38.9. The lowest BCUT2D eigenvalue weighted by Crippen LogP contribution is -2.22. The lowest BCUT2D eigenvalue weighted by molar-refractivity contribution is -0.125. The number of carbonyl (C=O) groups is 8. The lowest BCUT2D eigenvalue weighted by Gasteiger charge is -2.16. The van der Waals surface area contributed by atoms with Crippen LogP contribution in [0.15, 0.2) is 154 Å². The molecule has 0 saturated heterocycles. The second-order valence-electron chi connectivity index (χ2n) is 26.9. The van der Waals surface area contributed by atoms with Crippen LogP contribution in [0.3, 0.4) is 0 Å². The number of esters is 4. The molecule has 26 heteroatoms. The van der Waals surface area contributed by atoms with Crippen LogP contribution >= 0.6 is 23.2 Å². The van der Waals surface area contributed by atoms with E-state index in [-0.39, 0.29) is 74.8 Å². The number of carbonyl (C=O) groups excluding carboxylic acids is 8. The highest BCUT2D eigenvalue weighted by molar-refractivity contribution is 6.33. The summed E-state index contributed by atoms with van der Waals surface area (Å²) in [6.07, 6.45) is 42.9. The van der Waals surface area contributed by atoms with E-state index in [0.717, 1.165) is 107 Å². The van der Waals surface area contributed by atoms with E-state index in [4.69, 9.17) is 61.5 Å². The minimum absolute atomic E-state index is 0.154.